The molecule has 1 aromatic carbocycles. The third-order valence-corrected chi connectivity index (χ3v) is 4.73. The lowest BCUT2D eigenvalue weighted by molar-refractivity contribution is 0.0596. The number of nitrogens with one attached hydrogen (secondary N) is 2. The molecule has 0 unspecified atom stereocenters. The number of sulfonamides is 1. The number of esters is 1. The molecule has 1 aromatic heterocycles. The number of nitrogens with zero attached hydrogens (tertiary/aromatic N) is 3. The van der Waals surface area contributed by atoms with Crippen LogP contribution in [-0.2, 0) is 14.8 Å². The van der Waals surface area contributed by atoms with Crippen molar-refractivity contribution in [1.82, 2.24) is 14.7 Å². The lowest BCUT2D eigenvalue weighted by Crippen LogP contribution is -2.35. The largest absolute Gasteiger partial charge is 0.481 e. The summed E-state index contributed by atoms with van der Waals surface area (Å²) < 4.78 is 41.3. The molecular weight excluding hydrogens is 406 g/mol. The molecule has 0 spiro atoms. The summed E-state index contributed by atoms with van der Waals surface area (Å²) in [5, 5.41) is 11.1. The van der Waals surface area contributed by atoms with Gasteiger partial charge >= 0.3 is 12.0 Å². The summed E-state index contributed by atoms with van der Waals surface area (Å²) in [6.07, 6.45) is 0. The Morgan fingerprint density at radius 2 is 1.69 bits per heavy atom. The van der Waals surface area contributed by atoms with Gasteiger partial charge in [-0.15, -0.1) is 0 Å². The minimum absolute atomic E-state index is 0.0423. The number of carbonyl (C=O) groups excluding carboxylic acids is 2. The third-order valence-electron chi connectivity index (χ3n) is 3.36. The van der Waals surface area contributed by atoms with Crippen molar-refractivity contribution in [3.63, 3.8) is 0 Å². The van der Waals surface area contributed by atoms with E-state index in [1.807, 2.05) is 0 Å². The van der Waals surface area contributed by atoms with Gasteiger partial charge in [-0.25, -0.2) is 22.7 Å². The average Bonchev–Trinajstić information content (AvgIpc) is 2.71. The first-order chi connectivity index (χ1) is 13.7. The normalized spacial score (nSPS) is 10.4. The molecule has 0 radical (unpaired) electrons. The number of methoxy groups -OCH3 is 3. The lowest BCUT2D eigenvalue weighted by Gasteiger charge is -2.12. The molecule has 2 amide bonds. The molecule has 0 aliphatic heterocycles. The molecule has 0 aliphatic rings. The molecule has 12 nitrogen and oxygen atoms in total. The van der Waals surface area contributed by atoms with Crippen molar-refractivity contribution in [3.05, 3.63) is 35.4 Å². The number of hydrogen-bond donors (Lipinski definition) is 2. The van der Waals surface area contributed by atoms with Crippen molar-refractivity contribution >= 4 is 28.0 Å². The van der Waals surface area contributed by atoms with E-state index in [0.29, 0.717) is 0 Å². The quantitative estimate of drug-likeness (QED) is 0.632. The SMILES string of the molecule is COC(=O)c1ccc(C#N)cc1S(=O)(=O)NC(=O)Nc1nc(OC)cc(OC)n1. The van der Waals surface area contributed by atoms with E-state index in [1.54, 1.807) is 10.8 Å². The maximum Gasteiger partial charge on any atom is 0.339 e. The van der Waals surface area contributed by atoms with Crippen LogP contribution in [0.1, 0.15) is 15.9 Å². The van der Waals surface area contributed by atoms with Gasteiger partial charge in [0, 0.05) is 0 Å². The number of carbonyl (C=O) groups is 2. The fourth-order valence-electron chi connectivity index (χ4n) is 2.07. The van der Waals surface area contributed by atoms with Crippen LogP contribution in [0.5, 0.6) is 11.8 Å². The standard InChI is InChI=1S/C16H15N5O7S/c1-26-12-7-13(27-2)19-15(18-12)20-16(23)21-29(24,25)11-6-9(8-17)4-5-10(11)14(22)28-3/h4-7H,1-3H3,(H2,18,19,20,21,23). The fraction of sp³-hybridized carbons (Fsp3) is 0.188. The Kier molecular flexibility index (Phi) is 6.52. The molecule has 13 heteroatoms. The van der Waals surface area contributed by atoms with Crippen LogP contribution in [0.15, 0.2) is 29.2 Å². The molecule has 1 heterocycles. The summed E-state index contributed by atoms with van der Waals surface area (Å²) in [7, 11) is -0.849. The van der Waals surface area contributed by atoms with E-state index in [9.17, 15) is 18.0 Å². The van der Waals surface area contributed by atoms with Gasteiger partial charge in [0.1, 0.15) is 4.90 Å². The van der Waals surface area contributed by atoms with Gasteiger partial charge in [-0.2, -0.15) is 15.2 Å². The van der Waals surface area contributed by atoms with E-state index >= 15 is 0 Å². The van der Waals surface area contributed by atoms with Crippen molar-refractivity contribution in [2.75, 3.05) is 26.6 Å². The van der Waals surface area contributed by atoms with Gasteiger partial charge in [-0.05, 0) is 18.2 Å². The number of amides is 2. The van der Waals surface area contributed by atoms with Gasteiger partial charge in [0.25, 0.3) is 10.0 Å². The van der Waals surface area contributed by atoms with Gasteiger partial charge < -0.3 is 14.2 Å². The molecule has 0 saturated carbocycles. The van der Waals surface area contributed by atoms with Crippen LogP contribution in [0.25, 0.3) is 0 Å². The van der Waals surface area contributed by atoms with E-state index in [4.69, 9.17) is 14.7 Å². The Labute approximate surface area is 165 Å². The van der Waals surface area contributed by atoms with Crippen molar-refractivity contribution in [3.8, 4) is 17.8 Å². The van der Waals surface area contributed by atoms with E-state index < -0.39 is 26.9 Å². The number of ether oxygens (including phenoxy) is 3. The lowest BCUT2D eigenvalue weighted by atomic mass is 10.1. The molecule has 29 heavy (non-hydrogen) atoms. The number of hydrogen-bond acceptors (Lipinski definition) is 10. The minimum Gasteiger partial charge on any atom is -0.481 e. The van der Waals surface area contributed by atoms with Crippen molar-refractivity contribution in [2.45, 2.75) is 4.90 Å². The van der Waals surface area contributed by atoms with Crippen molar-refractivity contribution in [1.29, 1.82) is 5.26 Å². The van der Waals surface area contributed by atoms with E-state index in [2.05, 4.69) is 20.0 Å². The number of nitriles is 1. The highest BCUT2D eigenvalue weighted by atomic mass is 32.2. The second-order valence-electron chi connectivity index (χ2n) is 5.15. The Balaban J connectivity index is 2.33. The number of benzene rings is 1. The number of rotatable bonds is 6. The summed E-state index contributed by atoms with van der Waals surface area (Å²) >= 11 is 0. The summed E-state index contributed by atoms with van der Waals surface area (Å²) in [6.45, 7) is 0. The van der Waals surface area contributed by atoms with E-state index in [1.165, 1.54) is 26.4 Å². The van der Waals surface area contributed by atoms with Crippen LogP contribution in [0.4, 0.5) is 10.7 Å². The highest BCUT2D eigenvalue weighted by Crippen LogP contribution is 2.20. The van der Waals surface area contributed by atoms with Crippen LogP contribution >= 0.6 is 0 Å². The van der Waals surface area contributed by atoms with E-state index in [-0.39, 0.29) is 28.8 Å². The summed E-state index contributed by atoms with van der Waals surface area (Å²) in [5.74, 6) is -1.14. The molecule has 0 fully saturated rings. The van der Waals surface area contributed by atoms with Gasteiger partial charge in [-0.1, -0.05) is 0 Å². The molecule has 2 rings (SSSR count). The highest BCUT2D eigenvalue weighted by molar-refractivity contribution is 7.90. The monoisotopic (exact) mass is 421 g/mol. The Morgan fingerprint density at radius 1 is 1.07 bits per heavy atom. The van der Waals surface area contributed by atoms with Gasteiger partial charge in [0.2, 0.25) is 17.7 Å². The van der Waals surface area contributed by atoms with Crippen LogP contribution in [0.3, 0.4) is 0 Å². The summed E-state index contributed by atoms with van der Waals surface area (Å²) in [4.78, 5) is 31.1. The van der Waals surface area contributed by atoms with Crippen molar-refractivity contribution in [2.24, 2.45) is 0 Å². The number of anilines is 1. The molecule has 2 aromatic rings. The van der Waals surface area contributed by atoms with Crippen LogP contribution < -0.4 is 19.5 Å². The van der Waals surface area contributed by atoms with Gasteiger partial charge in [-0.3, -0.25) is 5.32 Å². The fourth-order valence-corrected chi connectivity index (χ4v) is 3.19. The first-order valence-corrected chi connectivity index (χ1v) is 9.15. The minimum atomic E-state index is -4.56. The zero-order chi connectivity index (χ0) is 21.6. The summed E-state index contributed by atoms with van der Waals surface area (Å²) in [5.41, 5.74) is -0.398. The molecule has 152 valence electrons. The molecule has 0 bridgehead atoms. The second kappa shape index (κ2) is 8.85. The van der Waals surface area contributed by atoms with Gasteiger partial charge in [0.05, 0.1) is 44.6 Å². The van der Waals surface area contributed by atoms with Crippen molar-refractivity contribution < 1.29 is 32.2 Å². The highest BCUT2D eigenvalue weighted by Gasteiger charge is 2.26. The third kappa shape index (κ3) is 5.08. The number of aromatic nitrogens is 2. The zero-order valence-corrected chi connectivity index (χ0v) is 16.2. The predicted octanol–water partition coefficient (Wildman–Crippen LogP) is 0.662. The summed E-state index contributed by atoms with van der Waals surface area (Å²) in [6, 6.07) is 5.15. The average molecular weight is 421 g/mol. The Hall–Kier alpha value is -3.92. The van der Waals surface area contributed by atoms with E-state index in [0.717, 1.165) is 19.2 Å². The Morgan fingerprint density at radius 3 is 2.21 bits per heavy atom. The van der Waals surface area contributed by atoms with Crippen LogP contribution in [0, 0.1) is 11.3 Å². The van der Waals surface area contributed by atoms with Crippen LogP contribution in [-0.4, -0.2) is 51.7 Å². The maximum atomic E-state index is 12.6. The maximum absolute atomic E-state index is 12.6. The topological polar surface area (TPSA) is 170 Å². The number of urea groups is 1. The smallest absolute Gasteiger partial charge is 0.339 e. The van der Waals surface area contributed by atoms with Crippen LogP contribution in [0.2, 0.25) is 0 Å². The van der Waals surface area contributed by atoms with Gasteiger partial charge in [0.15, 0.2) is 0 Å². The molecule has 0 saturated heterocycles. The predicted molar refractivity (Wildman–Crippen MR) is 97.0 cm³/mol. The molecule has 0 atom stereocenters. The Bertz CT molecular complexity index is 1070. The first-order valence-electron chi connectivity index (χ1n) is 7.67. The molecule has 2 N–H and O–H groups in total. The first kappa shape index (κ1) is 21.4. The molecular formula is C16H15N5O7S. The molecule has 0 aliphatic carbocycles. The second-order valence-corrected chi connectivity index (χ2v) is 6.80. The zero-order valence-electron chi connectivity index (χ0n) is 15.4.